The van der Waals surface area contributed by atoms with Gasteiger partial charge >= 0.3 is 0 Å². The molecule has 1 N–H and O–H groups in total. The first-order chi connectivity index (χ1) is 21.6. The maximum atomic E-state index is 14.4. The Kier molecular flexibility index (Phi) is 7.99. The monoisotopic (exact) mass is 598 g/mol. The van der Waals surface area contributed by atoms with Crippen molar-refractivity contribution in [3.63, 3.8) is 0 Å². The maximum absolute atomic E-state index is 14.4. The average Bonchev–Trinajstić information content (AvgIpc) is 3.85. The van der Waals surface area contributed by atoms with Crippen molar-refractivity contribution in [1.82, 2.24) is 20.3 Å². The highest BCUT2D eigenvalue weighted by atomic mass is 16.7. The molecule has 4 aromatic rings. The number of amides is 2. The summed E-state index contributed by atoms with van der Waals surface area (Å²) in [5.41, 5.74) is 3.60. The first-order valence-corrected chi connectivity index (χ1v) is 15.0. The Morgan fingerprint density at radius 3 is 2.61 bits per heavy atom. The Morgan fingerprint density at radius 1 is 0.977 bits per heavy atom. The number of aromatic nitrogens is 3. The van der Waals surface area contributed by atoms with Crippen LogP contribution < -0.4 is 24.6 Å². The Morgan fingerprint density at radius 2 is 1.80 bits per heavy atom. The van der Waals surface area contributed by atoms with Crippen molar-refractivity contribution < 1.29 is 28.5 Å². The van der Waals surface area contributed by atoms with Crippen LogP contribution in [0.1, 0.15) is 24.4 Å². The molecule has 0 unspecified atom stereocenters. The van der Waals surface area contributed by atoms with Gasteiger partial charge < -0.3 is 29.2 Å². The lowest BCUT2D eigenvalue weighted by molar-refractivity contribution is -0.127. The second-order valence-corrected chi connectivity index (χ2v) is 11.0. The molecule has 228 valence electrons. The third kappa shape index (κ3) is 5.78. The number of carbonyl (C=O) groups is 2. The molecular weight excluding hydrogens is 564 g/mol. The lowest BCUT2D eigenvalue weighted by atomic mass is 10.0. The fourth-order valence-corrected chi connectivity index (χ4v) is 5.93. The minimum absolute atomic E-state index is 0.0560. The van der Waals surface area contributed by atoms with Gasteiger partial charge in [0.1, 0.15) is 18.1 Å². The van der Waals surface area contributed by atoms with Crippen LogP contribution in [-0.2, 0) is 25.6 Å². The fraction of sp³-hybridized carbons (Fsp3) is 0.375. The van der Waals surface area contributed by atoms with Gasteiger partial charge in [-0.2, -0.15) is 0 Å². The smallest absolute Gasteiger partial charge is 0.249 e. The molecule has 0 spiro atoms. The van der Waals surface area contributed by atoms with Crippen molar-refractivity contribution >= 4 is 34.2 Å². The normalized spacial score (nSPS) is 18.4. The predicted octanol–water partition coefficient (Wildman–Crippen LogP) is 3.07. The summed E-state index contributed by atoms with van der Waals surface area (Å²) in [7, 11) is 0. The number of fused-ring (bicyclic) bond motifs is 2. The molecule has 0 radical (unpaired) electrons. The van der Waals surface area contributed by atoms with Gasteiger partial charge in [-0.3, -0.25) is 14.5 Å². The predicted molar refractivity (Wildman–Crippen MR) is 162 cm³/mol. The van der Waals surface area contributed by atoms with E-state index >= 15 is 0 Å². The van der Waals surface area contributed by atoms with E-state index in [0.29, 0.717) is 54.6 Å². The van der Waals surface area contributed by atoms with Gasteiger partial charge in [0.15, 0.2) is 11.5 Å². The molecule has 0 aliphatic carbocycles. The minimum Gasteiger partial charge on any atom is -0.454 e. The second kappa shape index (κ2) is 12.5. The molecule has 1 aromatic heterocycles. The van der Waals surface area contributed by atoms with Gasteiger partial charge in [-0.05, 0) is 54.8 Å². The van der Waals surface area contributed by atoms with Crippen LogP contribution in [-0.4, -0.2) is 79.2 Å². The molecular formula is C32H34N6O6. The van der Waals surface area contributed by atoms with E-state index in [1.54, 1.807) is 22.9 Å². The molecule has 2 saturated heterocycles. The van der Waals surface area contributed by atoms with E-state index in [9.17, 15) is 9.59 Å². The average molecular weight is 599 g/mol. The van der Waals surface area contributed by atoms with Crippen LogP contribution in [0.2, 0.25) is 0 Å². The van der Waals surface area contributed by atoms with E-state index in [-0.39, 0.29) is 31.3 Å². The van der Waals surface area contributed by atoms with Crippen molar-refractivity contribution in [1.29, 1.82) is 0 Å². The van der Waals surface area contributed by atoms with E-state index < -0.39 is 6.04 Å². The van der Waals surface area contributed by atoms with Gasteiger partial charge in [-0.1, -0.05) is 29.5 Å². The summed E-state index contributed by atoms with van der Waals surface area (Å²) in [6, 6.07) is 19.6. The van der Waals surface area contributed by atoms with Crippen LogP contribution in [0, 0.1) is 0 Å². The topological polar surface area (TPSA) is 120 Å². The zero-order valence-corrected chi connectivity index (χ0v) is 24.3. The largest absolute Gasteiger partial charge is 0.454 e. The molecule has 12 heteroatoms. The number of rotatable bonds is 9. The van der Waals surface area contributed by atoms with Crippen molar-refractivity contribution in [2.24, 2.45) is 0 Å². The van der Waals surface area contributed by atoms with Gasteiger partial charge in [-0.25, -0.2) is 4.68 Å². The number of para-hydroxylation sites is 1. The number of morpholine rings is 1. The molecule has 4 heterocycles. The van der Waals surface area contributed by atoms with Crippen LogP contribution in [0.15, 0.2) is 66.7 Å². The van der Waals surface area contributed by atoms with E-state index in [4.69, 9.17) is 18.9 Å². The highest BCUT2D eigenvalue weighted by Gasteiger charge is 2.35. The summed E-state index contributed by atoms with van der Waals surface area (Å²) >= 11 is 0. The molecule has 12 nitrogen and oxygen atoms in total. The van der Waals surface area contributed by atoms with E-state index in [1.165, 1.54) is 4.90 Å². The molecule has 2 atom stereocenters. The maximum Gasteiger partial charge on any atom is 0.249 e. The van der Waals surface area contributed by atoms with Crippen molar-refractivity contribution in [3.8, 4) is 11.5 Å². The molecule has 3 aromatic carbocycles. The third-order valence-electron chi connectivity index (χ3n) is 8.23. The number of benzene rings is 3. The van der Waals surface area contributed by atoms with Gasteiger partial charge in [0.05, 0.1) is 24.8 Å². The van der Waals surface area contributed by atoms with E-state index in [2.05, 4.69) is 20.5 Å². The number of nitrogens with zero attached hydrogens (tertiary/aromatic N) is 5. The standard InChI is InChI=1S/C32H34N6O6/c39-30(20-37-27-6-2-1-5-26(27)34-35-37)38(24-11-12-28-29(18-24)44-21-43-28)31(32(40)33-19-25-4-3-15-42-25)22-7-9-23(10-8-22)36-13-16-41-17-14-36/h1-2,5-12,18,25,31H,3-4,13-17,19-21H2,(H,33,40)/t25-,31+/m0/s1. The quantitative estimate of drug-likeness (QED) is 0.310. The van der Waals surface area contributed by atoms with E-state index in [1.807, 2.05) is 48.5 Å². The number of carbonyl (C=O) groups excluding carboxylic acids is 2. The molecule has 3 aliphatic heterocycles. The molecule has 0 saturated carbocycles. The minimum atomic E-state index is -0.988. The molecule has 3 aliphatic rings. The molecule has 7 rings (SSSR count). The Bertz CT molecular complexity index is 1630. The Labute approximate surface area is 254 Å². The Hall–Kier alpha value is -4.68. The third-order valence-corrected chi connectivity index (χ3v) is 8.23. The summed E-state index contributed by atoms with van der Waals surface area (Å²) < 4.78 is 24.0. The van der Waals surface area contributed by atoms with Crippen LogP contribution in [0.5, 0.6) is 11.5 Å². The zero-order chi connectivity index (χ0) is 29.9. The number of anilines is 2. The van der Waals surface area contributed by atoms with Crippen molar-refractivity contribution in [2.75, 3.05) is 56.0 Å². The second-order valence-electron chi connectivity index (χ2n) is 11.0. The van der Waals surface area contributed by atoms with Crippen LogP contribution >= 0.6 is 0 Å². The number of hydrogen-bond acceptors (Lipinski definition) is 9. The first-order valence-electron chi connectivity index (χ1n) is 15.0. The Balaban J connectivity index is 1.27. The van der Waals surface area contributed by atoms with Crippen LogP contribution in [0.25, 0.3) is 11.0 Å². The summed E-state index contributed by atoms with van der Waals surface area (Å²) in [4.78, 5) is 32.3. The van der Waals surface area contributed by atoms with Gasteiger partial charge in [0, 0.05) is 43.7 Å². The highest BCUT2D eigenvalue weighted by Crippen LogP contribution is 2.38. The van der Waals surface area contributed by atoms with Gasteiger partial charge in [0.2, 0.25) is 18.6 Å². The lowest BCUT2D eigenvalue weighted by Crippen LogP contribution is -2.46. The molecule has 2 fully saturated rings. The molecule has 44 heavy (non-hydrogen) atoms. The zero-order valence-electron chi connectivity index (χ0n) is 24.3. The number of hydrogen-bond donors (Lipinski definition) is 1. The van der Waals surface area contributed by atoms with Gasteiger partial charge in [0.25, 0.3) is 0 Å². The summed E-state index contributed by atoms with van der Waals surface area (Å²) in [5.74, 6) is 0.438. The number of nitrogens with one attached hydrogen (secondary N) is 1. The first kappa shape index (κ1) is 28.1. The van der Waals surface area contributed by atoms with Crippen molar-refractivity contribution in [3.05, 3.63) is 72.3 Å². The van der Waals surface area contributed by atoms with Crippen LogP contribution in [0.4, 0.5) is 11.4 Å². The summed E-state index contributed by atoms with van der Waals surface area (Å²) in [6.45, 7) is 3.91. The number of ether oxygens (including phenoxy) is 4. The summed E-state index contributed by atoms with van der Waals surface area (Å²) in [5, 5.41) is 11.5. The lowest BCUT2D eigenvalue weighted by Gasteiger charge is -2.33. The molecule has 0 bridgehead atoms. The molecule has 2 amide bonds. The van der Waals surface area contributed by atoms with Crippen molar-refractivity contribution in [2.45, 2.75) is 31.5 Å². The highest BCUT2D eigenvalue weighted by molar-refractivity contribution is 6.02. The SMILES string of the molecule is O=C(NC[C@@H]1CCCO1)[C@@H](c1ccc(N2CCOCC2)cc1)N(C(=O)Cn1nnc2ccccc21)c1ccc2c(c1)OCO2. The van der Waals surface area contributed by atoms with E-state index in [0.717, 1.165) is 37.1 Å². The van der Waals surface area contributed by atoms with Gasteiger partial charge in [-0.15, -0.1) is 5.10 Å². The van der Waals surface area contributed by atoms with Crippen LogP contribution in [0.3, 0.4) is 0 Å². The summed E-state index contributed by atoms with van der Waals surface area (Å²) in [6.07, 6.45) is 1.78. The fourth-order valence-electron chi connectivity index (χ4n) is 5.93.